The SMILES string of the molecule is CCc1ccccc1C(=O)Nc1cccc(C)c1. The second kappa shape index (κ2) is 5.50. The fourth-order valence-corrected chi connectivity index (χ4v) is 1.97. The Hall–Kier alpha value is -2.09. The largest absolute Gasteiger partial charge is 0.322 e. The number of nitrogens with one attached hydrogen (secondary N) is 1. The van der Waals surface area contributed by atoms with Crippen molar-refractivity contribution in [3.8, 4) is 0 Å². The number of carbonyl (C=O) groups is 1. The van der Waals surface area contributed by atoms with Gasteiger partial charge in [-0.3, -0.25) is 4.79 Å². The Morgan fingerprint density at radius 1 is 1.11 bits per heavy atom. The van der Waals surface area contributed by atoms with Gasteiger partial charge in [0.15, 0.2) is 0 Å². The molecule has 0 heterocycles. The Morgan fingerprint density at radius 3 is 2.61 bits per heavy atom. The number of hydrogen-bond donors (Lipinski definition) is 1. The van der Waals surface area contributed by atoms with Crippen molar-refractivity contribution in [2.45, 2.75) is 20.3 Å². The molecule has 2 rings (SSSR count). The summed E-state index contributed by atoms with van der Waals surface area (Å²) in [6.45, 7) is 4.06. The van der Waals surface area contributed by atoms with E-state index in [-0.39, 0.29) is 5.91 Å². The molecular weight excluding hydrogens is 222 g/mol. The molecule has 2 nitrogen and oxygen atoms in total. The zero-order valence-electron chi connectivity index (χ0n) is 10.7. The van der Waals surface area contributed by atoms with E-state index in [2.05, 4.69) is 12.2 Å². The van der Waals surface area contributed by atoms with Crippen molar-refractivity contribution in [1.82, 2.24) is 0 Å². The van der Waals surface area contributed by atoms with Gasteiger partial charge < -0.3 is 5.32 Å². The number of hydrogen-bond acceptors (Lipinski definition) is 1. The van der Waals surface area contributed by atoms with Crippen molar-refractivity contribution in [3.63, 3.8) is 0 Å². The van der Waals surface area contributed by atoms with E-state index >= 15 is 0 Å². The van der Waals surface area contributed by atoms with Crippen molar-refractivity contribution < 1.29 is 4.79 Å². The topological polar surface area (TPSA) is 29.1 Å². The predicted octanol–water partition coefficient (Wildman–Crippen LogP) is 3.81. The van der Waals surface area contributed by atoms with Gasteiger partial charge in [-0.15, -0.1) is 0 Å². The molecule has 0 unspecified atom stereocenters. The summed E-state index contributed by atoms with van der Waals surface area (Å²) >= 11 is 0. The molecule has 18 heavy (non-hydrogen) atoms. The maximum atomic E-state index is 12.2. The van der Waals surface area contributed by atoms with Gasteiger partial charge in [0.1, 0.15) is 0 Å². The summed E-state index contributed by atoms with van der Waals surface area (Å²) < 4.78 is 0. The van der Waals surface area contributed by atoms with E-state index in [9.17, 15) is 4.79 Å². The van der Waals surface area contributed by atoms with Crippen molar-refractivity contribution in [1.29, 1.82) is 0 Å². The first-order valence-corrected chi connectivity index (χ1v) is 6.16. The van der Waals surface area contributed by atoms with Gasteiger partial charge in [0, 0.05) is 11.3 Å². The van der Waals surface area contributed by atoms with Crippen LogP contribution in [0.1, 0.15) is 28.4 Å². The third-order valence-corrected chi connectivity index (χ3v) is 2.92. The van der Waals surface area contributed by atoms with E-state index in [1.54, 1.807) is 0 Å². The molecule has 2 heteroatoms. The molecule has 0 aliphatic carbocycles. The number of aryl methyl sites for hydroxylation is 2. The molecule has 0 spiro atoms. The molecule has 2 aromatic rings. The second-order valence-corrected chi connectivity index (χ2v) is 4.33. The quantitative estimate of drug-likeness (QED) is 0.867. The van der Waals surface area contributed by atoms with E-state index < -0.39 is 0 Å². The summed E-state index contributed by atoms with van der Waals surface area (Å²) in [5, 5.41) is 2.93. The third-order valence-electron chi connectivity index (χ3n) is 2.92. The summed E-state index contributed by atoms with van der Waals surface area (Å²) in [5.41, 5.74) is 3.80. The Morgan fingerprint density at radius 2 is 1.89 bits per heavy atom. The van der Waals surface area contributed by atoms with Gasteiger partial charge in [-0.05, 0) is 42.7 Å². The second-order valence-electron chi connectivity index (χ2n) is 4.33. The highest BCUT2D eigenvalue weighted by Gasteiger charge is 2.09. The first-order chi connectivity index (χ1) is 8.70. The molecule has 0 saturated heterocycles. The molecular formula is C16H17NO. The predicted molar refractivity (Wildman–Crippen MR) is 75.0 cm³/mol. The van der Waals surface area contributed by atoms with Gasteiger partial charge >= 0.3 is 0 Å². The molecule has 92 valence electrons. The van der Waals surface area contributed by atoms with E-state index in [1.165, 1.54) is 0 Å². The van der Waals surface area contributed by atoms with Gasteiger partial charge in [-0.25, -0.2) is 0 Å². The van der Waals surface area contributed by atoms with E-state index in [4.69, 9.17) is 0 Å². The molecule has 0 aromatic heterocycles. The van der Waals surface area contributed by atoms with Crippen molar-refractivity contribution in [2.75, 3.05) is 5.32 Å². The monoisotopic (exact) mass is 239 g/mol. The number of anilines is 1. The molecule has 0 fully saturated rings. The molecule has 0 atom stereocenters. The highest BCUT2D eigenvalue weighted by Crippen LogP contribution is 2.14. The van der Waals surface area contributed by atoms with Crippen LogP contribution in [0.4, 0.5) is 5.69 Å². The van der Waals surface area contributed by atoms with Crippen LogP contribution in [-0.2, 0) is 6.42 Å². The number of amides is 1. The Labute approximate surface area is 108 Å². The first kappa shape index (κ1) is 12.4. The molecule has 1 N–H and O–H groups in total. The summed E-state index contributed by atoms with van der Waals surface area (Å²) in [5.74, 6) is -0.0435. The summed E-state index contributed by atoms with van der Waals surface area (Å²) in [4.78, 5) is 12.2. The standard InChI is InChI=1S/C16H17NO/c1-3-13-8-4-5-10-15(13)16(18)17-14-9-6-7-12(2)11-14/h4-11H,3H2,1-2H3,(H,17,18). The van der Waals surface area contributed by atoms with Gasteiger partial charge in [-0.1, -0.05) is 37.3 Å². The van der Waals surface area contributed by atoms with Gasteiger partial charge in [0.25, 0.3) is 5.91 Å². The molecule has 0 bridgehead atoms. The summed E-state index contributed by atoms with van der Waals surface area (Å²) in [6, 6.07) is 15.5. The van der Waals surface area contributed by atoms with E-state index in [0.717, 1.165) is 28.8 Å². The maximum absolute atomic E-state index is 12.2. The van der Waals surface area contributed by atoms with Crippen LogP contribution in [-0.4, -0.2) is 5.91 Å². The Kier molecular flexibility index (Phi) is 3.78. The highest BCUT2D eigenvalue weighted by molar-refractivity contribution is 6.05. The third kappa shape index (κ3) is 2.77. The average Bonchev–Trinajstić information content (AvgIpc) is 2.38. The Bertz CT molecular complexity index is 561. The zero-order valence-corrected chi connectivity index (χ0v) is 10.7. The average molecular weight is 239 g/mol. The molecule has 0 saturated carbocycles. The fourth-order valence-electron chi connectivity index (χ4n) is 1.97. The van der Waals surface area contributed by atoms with E-state index in [0.29, 0.717) is 0 Å². The minimum Gasteiger partial charge on any atom is -0.322 e. The van der Waals surface area contributed by atoms with Crippen LogP contribution in [0.15, 0.2) is 48.5 Å². The number of rotatable bonds is 3. The first-order valence-electron chi connectivity index (χ1n) is 6.16. The van der Waals surface area contributed by atoms with Crippen LogP contribution in [0, 0.1) is 6.92 Å². The lowest BCUT2D eigenvalue weighted by Crippen LogP contribution is -2.14. The van der Waals surface area contributed by atoms with Crippen LogP contribution in [0.2, 0.25) is 0 Å². The van der Waals surface area contributed by atoms with Crippen LogP contribution in [0.25, 0.3) is 0 Å². The van der Waals surface area contributed by atoms with Gasteiger partial charge in [-0.2, -0.15) is 0 Å². The zero-order chi connectivity index (χ0) is 13.0. The summed E-state index contributed by atoms with van der Waals surface area (Å²) in [7, 11) is 0. The smallest absolute Gasteiger partial charge is 0.255 e. The minimum absolute atomic E-state index is 0.0435. The molecule has 1 amide bonds. The fraction of sp³-hybridized carbons (Fsp3) is 0.188. The lowest BCUT2D eigenvalue weighted by Gasteiger charge is -2.09. The Balaban J connectivity index is 2.22. The normalized spacial score (nSPS) is 10.1. The van der Waals surface area contributed by atoms with Crippen LogP contribution in [0.3, 0.4) is 0 Å². The van der Waals surface area contributed by atoms with Crippen molar-refractivity contribution in [3.05, 3.63) is 65.2 Å². The minimum atomic E-state index is -0.0435. The van der Waals surface area contributed by atoms with Crippen LogP contribution in [0.5, 0.6) is 0 Å². The highest BCUT2D eigenvalue weighted by atomic mass is 16.1. The lowest BCUT2D eigenvalue weighted by molar-refractivity contribution is 0.102. The molecule has 0 aliphatic heterocycles. The number of benzene rings is 2. The van der Waals surface area contributed by atoms with Gasteiger partial charge in [0.05, 0.1) is 0 Å². The summed E-state index contributed by atoms with van der Waals surface area (Å²) in [6.07, 6.45) is 0.859. The van der Waals surface area contributed by atoms with Crippen molar-refractivity contribution in [2.24, 2.45) is 0 Å². The molecule has 2 aromatic carbocycles. The van der Waals surface area contributed by atoms with Crippen LogP contribution >= 0.6 is 0 Å². The van der Waals surface area contributed by atoms with Gasteiger partial charge in [0.2, 0.25) is 0 Å². The maximum Gasteiger partial charge on any atom is 0.255 e. The van der Waals surface area contributed by atoms with Crippen molar-refractivity contribution >= 4 is 11.6 Å². The molecule has 0 radical (unpaired) electrons. The van der Waals surface area contributed by atoms with Crippen LogP contribution < -0.4 is 5.32 Å². The van der Waals surface area contributed by atoms with E-state index in [1.807, 2.05) is 55.5 Å². The molecule has 0 aliphatic rings. The lowest BCUT2D eigenvalue weighted by atomic mass is 10.0. The number of carbonyl (C=O) groups excluding carboxylic acids is 1.